The van der Waals surface area contributed by atoms with E-state index in [4.69, 9.17) is 19.7 Å². The zero-order valence-electron chi connectivity index (χ0n) is 25.9. The minimum absolute atomic E-state index is 0.0291. The first-order chi connectivity index (χ1) is 22.0. The fourth-order valence-electron chi connectivity index (χ4n) is 9.72. The van der Waals surface area contributed by atoms with Crippen LogP contribution in [-0.4, -0.2) is 74.9 Å². The van der Waals surface area contributed by atoms with Gasteiger partial charge in [0.2, 0.25) is 0 Å². The smallest absolute Gasteiger partial charge is 0.319 e. The van der Waals surface area contributed by atoms with Gasteiger partial charge in [0.1, 0.15) is 29.4 Å². The standard InChI is InChI=1S/C36H41FN6O2/c1-2-21-6-3-7-22-14-26(44)15-27(30(21)22)32-31(37)33-28(17-38-32)34(42-18-24-10-11-25(19-42)39-24)41-35(40-33)45-20-36-12-5-13-43(36)29-9-4-8-23(29)16-36/h3,6-7,14-15,17,23-25,29,39,44H,2,4-5,8-13,16,18-20H2,1H3/t23-,24?,25?,29-,36+/m1/s1. The zero-order chi connectivity index (χ0) is 30.3. The van der Waals surface area contributed by atoms with Crippen molar-refractivity contribution in [3.63, 3.8) is 0 Å². The number of pyridine rings is 1. The van der Waals surface area contributed by atoms with Crippen molar-refractivity contribution in [2.45, 2.75) is 88.4 Å². The van der Waals surface area contributed by atoms with Crippen LogP contribution < -0.4 is 15.0 Å². The lowest BCUT2D eigenvalue weighted by atomic mass is 9.90. The number of benzene rings is 2. The summed E-state index contributed by atoms with van der Waals surface area (Å²) in [5.74, 6) is 1.03. The maximum atomic E-state index is 16.9. The number of fused-ring (bicyclic) bond motifs is 7. The topological polar surface area (TPSA) is 86.6 Å². The number of hydrogen-bond acceptors (Lipinski definition) is 8. The van der Waals surface area contributed by atoms with Crippen LogP contribution in [0.5, 0.6) is 11.8 Å². The first-order valence-corrected chi connectivity index (χ1v) is 17.0. The number of ether oxygens (including phenoxy) is 1. The number of halogens is 1. The lowest BCUT2D eigenvalue weighted by molar-refractivity contribution is 0.0832. The van der Waals surface area contributed by atoms with Crippen LogP contribution >= 0.6 is 0 Å². The molecule has 0 radical (unpaired) electrons. The molecule has 6 heterocycles. The molecular formula is C36H41FN6O2. The number of aromatic nitrogens is 3. The molecule has 5 atom stereocenters. The van der Waals surface area contributed by atoms with Crippen molar-refractivity contribution < 1.29 is 14.2 Å². The van der Waals surface area contributed by atoms with E-state index in [9.17, 15) is 5.11 Å². The Labute approximate surface area is 263 Å². The molecule has 1 aliphatic carbocycles. The quantitative estimate of drug-likeness (QED) is 0.277. The van der Waals surface area contributed by atoms with Crippen LogP contribution in [0.4, 0.5) is 10.2 Å². The van der Waals surface area contributed by atoms with Gasteiger partial charge in [-0.15, -0.1) is 0 Å². The number of rotatable bonds is 6. The summed E-state index contributed by atoms with van der Waals surface area (Å²) in [5.41, 5.74) is 2.09. The third kappa shape index (κ3) is 4.41. The molecule has 2 aromatic carbocycles. The first kappa shape index (κ1) is 27.7. The number of hydrogen-bond donors (Lipinski definition) is 2. The van der Waals surface area contributed by atoms with Crippen LogP contribution in [0.3, 0.4) is 0 Å². The average molecular weight is 609 g/mol. The molecule has 8 nitrogen and oxygen atoms in total. The summed E-state index contributed by atoms with van der Waals surface area (Å²) in [4.78, 5) is 19.5. The van der Waals surface area contributed by atoms with Crippen molar-refractivity contribution >= 4 is 27.5 Å². The van der Waals surface area contributed by atoms with E-state index in [0.717, 1.165) is 67.6 Å². The predicted molar refractivity (Wildman–Crippen MR) is 173 cm³/mol. The second kappa shape index (κ2) is 10.5. The average Bonchev–Trinajstić information content (AvgIpc) is 3.81. The third-order valence-electron chi connectivity index (χ3n) is 11.6. The third-order valence-corrected chi connectivity index (χ3v) is 11.6. The number of aromatic hydroxyl groups is 1. The van der Waals surface area contributed by atoms with Gasteiger partial charge in [0.05, 0.1) is 10.9 Å². The number of phenols is 1. The second-order valence-electron chi connectivity index (χ2n) is 14.2. The highest BCUT2D eigenvalue weighted by Crippen LogP contribution is 2.51. The number of nitrogens with one attached hydrogen (secondary N) is 1. The number of anilines is 1. The SMILES string of the molecule is CCc1cccc2cc(O)cc(-c3ncc4c(N5CC6CCC(C5)N6)nc(OC[C@@]56CCCN5[C@@H]5CCC[C@@H]5C6)nc4c3F)c12. The van der Waals surface area contributed by atoms with Gasteiger partial charge in [0.15, 0.2) is 5.82 Å². The summed E-state index contributed by atoms with van der Waals surface area (Å²) in [6.45, 7) is 5.38. The van der Waals surface area contributed by atoms with Crippen LogP contribution in [0, 0.1) is 11.7 Å². The lowest BCUT2D eigenvalue weighted by Gasteiger charge is -2.35. The monoisotopic (exact) mass is 608 g/mol. The molecule has 9 heteroatoms. The van der Waals surface area contributed by atoms with Crippen molar-refractivity contribution in [1.82, 2.24) is 25.2 Å². The first-order valence-electron chi connectivity index (χ1n) is 17.0. The largest absolute Gasteiger partial charge is 0.508 e. The maximum Gasteiger partial charge on any atom is 0.319 e. The molecule has 2 bridgehead atoms. The minimum atomic E-state index is -0.507. The van der Waals surface area contributed by atoms with Crippen molar-refractivity contribution in [2.24, 2.45) is 5.92 Å². The summed E-state index contributed by atoms with van der Waals surface area (Å²) in [6, 6.07) is 11.0. The Morgan fingerprint density at radius 1 is 1.09 bits per heavy atom. The fraction of sp³-hybridized carbons (Fsp3) is 0.528. The Bertz CT molecular complexity index is 1800. The maximum absolute atomic E-state index is 16.9. The van der Waals surface area contributed by atoms with Gasteiger partial charge in [-0.2, -0.15) is 9.97 Å². The molecule has 45 heavy (non-hydrogen) atoms. The summed E-state index contributed by atoms with van der Waals surface area (Å²) < 4.78 is 23.5. The lowest BCUT2D eigenvalue weighted by Crippen LogP contribution is -2.51. The van der Waals surface area contributed by atoms with E-state index in [0.29, 0.717) is 41.5 Å². The molecule has 234 valence electrons. The van der Waals surface area contributed by atoms with Gasteiger partial charge in [0, 0.05) is 43.0 Å². The van der Waals surface area contributed by atoms with E-state index in [1.807, 2.05) is 12.1 Å². The van der Waals surface area contributed by atoms with Gasteiger partial charge >= 0.3 is 6.01 Å². The highest BCUT2D eigenvalue weighted by Gasteiger charge is 2.55. The van der Waals surface area contributed by atoms with Gasteiger partial charge in [-0.25, -0.2) is 4.39 Å². The van der Waals surface area contributed by atoms with Crippen LogP contribution in [-0.2, 0) is 6.42 Å². The highest BCUT2D eigenvalue weighted by atomic mass is 19.1. The molecule has 4 aliphatic heterocycles. The molecule has 2 N–H and O–H groups in total. The Hall–Kier alpha value is -3.56. The van der Waals surface area contributed by atoms with Gasteiger partial charge in [0.25, 0.3) is 0 Å². The zero-order valence-corrected chi connectivity index (χ0v) is 25.9. The van der Waals surface area contributed by atoms with Gasteiger partial charge in [-0.05, 0) is 92.3 Å². The molecule has 5 aliphatic rings. The number of phenolic OH excluding ortho intramolecular Hbond substituents is 1. The molecule has 9 rings (SSSR count). The van der Waals surface area contributed by atoms with Crippen molar-refractivity contribution in [1.29, 1.82) is 0 Å². The summed E-state index contributed by atoms with van der Waals surface area (Å²) in [5, 5.41) is 16.7. The summed E-state index contributed by atoms with van der Waals surface area (Å²) in [6.07, 6.45) is 12.2. The van der Waals surface area contributed by atoms with Crippen molar-refractivity contribution in [2.75, 3.05) is 31.1 Å². The molecule has 2 aromatic heterocycles. The fourth-order valence-corrected chi connectivity index (χ4v) is 9.72. The van der Waals surface area contributed by atoms with Gasteiger partial charge in [-0.3, -0.25) is 9.88 Å². The van der Waals surface area contributed by atoms with Gasteiger partial charge in [-0.1, -0.05) is 31.5 Å². The molecule has 2 unspecified atom stereocenters. The normalized spacial score (nSPS) is 29.2. The van der Waals surface area contributed by atoms with Crippen LogP contribution in [0.25, 0.3) is 32.9 Å². The Morgan fingerprint density at radius 3 is 2.80 bits per heavy atom. The van der Waals surface area contributed by atoms with E-state index in [1.54, 1.807) is 18.3 Å². The Morgan fingerprint density at radius 2 is 1.96 bits per heavy atom. The summed E-state index contributed by atoms with van der Waals surface area (Å²) >= 11 is 0. The number of piperazine rings is 1. The van der Waals surface area contributed by atoms with Crippen LogP contribution in [0.1, 0.15) is 63.9 Å². The summed E-state index contributed by atoms with van der Waals surface area (Å²) in [7, 11) is 0. The van der Waals surface area contributed by atoms with E-state index in [1.165, 1.54) is 32.1 Å². The molecule has 4 aromatic rings. The number of aryl methyl sites for hydroxylation is 1. The molecule has 4 saturated heterocycles. The minimum Gasteiger partial charge on any atom is -0.508 e. The second-order valence-corrected chi connectivity index (χ2v) is 14.2. The van der Waals surface area contributed by atoms with E-state index >= 15 is 4.39 Å². The van der Waals surface area contributed by atoms with Crippen LogP contribution in [0.2, 0.25) is 0 Å². The van der Waals surface area contributed by atoms with E-state index < -0.39 is 5.82 Å². The van der Waals surface area contributed by atoms with E-state index in [2.05, 4.69) is 28.1 Å². The molecule has 5 fully saturated rings. The van der Waals surface area contributed by atoms with Crippen molar-refractivity contribution in [3.8, 4) is 23.0 Å². The van der Waals surface area contributed by atoms with Crippen LogP contribution in [0.15, 0.2) is 36.5 Å². The molecular weight excluding hydrogens is 567 g/mol. The highest BCUT2D eigenvalue weighted by molar-refractivity contribution is 6.01. The van der Waals surface area contributed by atoms with Gasteiger partial charge < -0.3 is 20.1 Å². The van der Waals surface area contributed by atoms with E-state index in [-0.39, 0.29) is 28.5 Å². The predicted octanol–water partition coefficient (Wildman–Crippen LogP) is 5.98. The molecule has 0 spiro atoms. The van der Waals surface area contributed by atoms with Crippen molar-refractivity contribution in [3.05, 3.63) is 47.9 Å². The Kier molecular flexibility index (Phi) is 6.46. The molecule has 0 amide bonds. The number of nitrogens with zero attached hydrogens (tertiary/aromatic N) is 5. The Balaban J connectivity index is 1.16. The molecule has 1 saturated carbocycles.